The van der Waals surface area contributed by atoms with Crippen molar-refractivity contribution in [1.29, 1.82) is 0 Å². The molecular weight excluding hydrogens is 304 g/mol. The number of benzene rings is 2. The molecular formula is C19H18N2O3. The van der Waals surface area contributed by atoms with Crippen LogP contribution in [0, 0.1) is 0 Å². The quantitative estimate of drug-likeness (QED) is 0.912. The number of carbonyl (C=O) groups is 2. The third-order valence-corrected chi connectivity index (χ3v) is 4.97. The van der Waals surface area contributed by atoms with Crippen LogP contribution in [0.3, 0.4) is 0 Å². The Kier molecular flexibility index (Phi) is 3.30. The predicted octanol–water partition coefficient (Wildman–Crippen LogP) is 3.15. The van der Waals surface area contributed by atoms with E-state index in [2.05, 4.69) is 11.4 Å². The number of para-hydroxylation sites is 1. The number of fused-ring (bicyclic) bond motifs is 2. The van der Waals surface area contributed by atoms with Gasteiger partial charge in [-0.1, -0.05) is 30.3 Å². The average Bonchev–Trinajstić information content (AvgIpc) is 3.30. The van der Waals surface area contributed by atoms with E-state index in [1.54, 1.807) is 24.3 Å². The van der Waals surface area contributed by atoms with Gasteiger partial charge in [-0.3, -0.25) is 4.90 Å². The van der Waals surface area contributed by atoms with Crippen LogP contribution < -0.4 is 10.2 Å². The molecule has 2 N–H and O–H groups in total. The van der Waals surface area contributed by atoms with E-state index in [0.717, 1.165) is 30.6 Å². The van der Waals surface area contributed by atoms with E-state index in [-0.39, 0.29) is 17.0 Å². The Hall–Kier alpha value is -2.82. The number of nitrogens with zero attached hydrogens (tertiary/aromatic N) is 1. The molecule has 1 heterocycles. The minimum Gasteiger partial charge on any atom is -0.478 e. The van der Waals surface area contributed by atoms with E-state index in [0.29, 0.717) is 6.54 Å². The third-order valence-electron chi connectivity index (χ3n) is 4.97. The molecule has 1 aliphatic heterocycles. The molecule has 0 saturated heterocycles. The maximum Gasteiger partial charge on any atom is 0.335 e. The second kappa shape index (κ2) is 5.37. The number of hydrogen-bond donors (Lipinski definition) is 2. The number of hydrogen-bond acceptors (Lipinski definition) is 2. The van der Waals surface area contributed by atoms with Crippen LogP contribution in [0.2, 0.25) is 0 Å². The molecule has 0 unspecified atom stereocenters. The zero-order valence-electron chi connectivity index (χ0n) is 13.2. The maximum atomic E-state index is 12.6. The molecule has 122 valence electrons. The lowest BCUT2D eigenvalue weighted by molar-refractivity contribution is 0.0697. The first-order chi connectivity index (χ1) is 11.6. The summed E-state index contributed by atoms with van der Waals surface area (Å²) < 4.78 is 0. The van der Waals surface area contributed by atoms with Crippen molar-refractivity contribution in [2.24, 2.45) is 0 Å². The van der Waals surface area contributed by atoms with Crippen LogP contribution in [-0.4, -0.2) is 23.7 Å². The molecule has 2 amide bonds. The van der Waals surface area contributed by atoms with Crippen LogP contribution in [0.15, 0.2) is 48.5 Å². The van der Waals surface area contributed by atoms with Gasteiger partial charge in [-0.15, -0.1) is 0 Å². The van der Waals surface area contributed by atoms with Gasteiger partial charge < -0.3 is 10.4 Å². The Bertz CT molecular complexity index is 810. The zero-order valence-corrected chi connectivity index (χ0v) is 13.2. The molecule has 1 saturated carbocycles. The van der Waals surface area contributed by atoms with Crippen LogP contribution in [0.5, 0.6) is 0 Å². The fourth-order valence-electron chi connectivity index (χ4n) is 3.43. The normalized spacial score (nSPS) is 16.8. The average molecular weight is 322 g/mol. The molecule has 24 heavy (non-hydrogen) atoms. The van der Waals surface area contributed by atoms with E-state index in [1.807, 2.05) is 23.1 Å². The highest BCUT2D eigenvalue weighted by molar-refractivity contribution is 5.95. The molecule has 4 rings (SSSR count). The molecule has 1 aliphatic carbocycles. The molecule has 0 atom stereocenters. The number of carboxylic acids is 1. The monoisotopic (exact) mass is 322 g/mol. The highest BCUT2D eigenvalue weighted by Crippen LogP contribution is 2.56. The van der Waals surface area contributed by atoms with Gasteiger partial charge in [-0.25, -0.2) is 9.59 Å². The standard InChI is InChI=1S/C19H18N2O3/c22-17(23)14-7-5-13(6-8-14)11-20-18(24)21-12-19(9-10-19)15-3-1-2-4-16(15)21/h1-8H,9-12H2,(H,20,24)(H,22,23). The molecule has 5 nitrogen and oxygen atoms in total. The summed E-state index contributed by atoms with van der Waals surface area (Å²) in [6.45, 7) is 1.13. The Morgan fingerprint density at radius 3 is 2.46 bits per heavy atom. The summed E-state index contributed by atoms with van der Waals surface area (Å²) in [7, 11) is 0. The molecule has 2 aromatic rings. The molecule has 1 fully saturated rings. The van der Waals surface area contributed by atoms with Gasteiger partial charge in [-0.2, -0.15) is 0 Å². The van der Waals surface area contributed by atoms with Crippen LogP contribution >= 0.6 is 0 Å². The molecule has 0 aromatic heterocycles. The van der Waals surface area contributed by atoms with Gasteiger partial charge in [0.2, 0.25) is 0 Å². The Morgan fingerprint density at radius 2 is 1.79 bits per heavy atom. The van der Waals surface area contributed by atoms with E-state index >= 15 is 0 Å². The Labute approximate surface area is 139 Å². The van der Waals surface area contributed by atoms with E-state index in [4.69, 9.17) is 5.11 Å². The van der Waals surface area contributed by atoms with E-state index in [1.165, 1.54) is 5.56 Å². The number of amides is 2. The SMILES string of the molecule is O=C(O)c1ccc(CNC(=O)N2CC3(CC3)c3ccccc32)cc1. The number of aromatic carboxylic acids is 1. The van der Waals surface area contributed by atoms with Crippen molar-refractivity contribution < 1.29 is 14.7 Å². The van der Waals surface area contributed by atoms with Crippen LogP contribution in [0.1, 0.15) is 34.3 Å². The van der Waals surface area contributed by atoms with E-state index < -0.39 is 5.97 Å². The summed E-state index contributed by atoms with van der Waals surface area (Å²) in [5.41, 5.74) is 3.59. The number of rotatable bonds is 3. The van der Waals surface area contributed by atoms with Gasteiger partial charge in [0, 0.05) is 24.2 Å². The van der Waals surface area contributed by atoms with Crippen molar-refractivity contribution in [2.75, 3.05) is 11.4 Å². The fourth-order valence-corrected chi connectivity index (χ4v) is 3.43. The summed E-state index contributed by atoms with van der Waals surface area (Å²) in [5.74, 6) is -0.950. The van der Waals surface area contributed by atoms with Crippen molar-refractivity contribution in [3.8, 4) is 0 Å². The largest absolute Gasteiger partial charge is 0.478 e. The minimum atomic E-state index is -0.950. The van der Waals surface area contributed by atoms with Crippen molar-refractivity contribution >= 4 is 17.7 Å². The lowest BCUT2D eigenvalue weighted by Gasteiger charge is -2.18. The summed E-state index contributed by atoms with van der Waals surface area (Å²) in [5, 5.41) is 11.8. The molecule has 1 spiro atoms. The van der Waals surface area contributed by atoms with Gasteiger partial charge >= 0.3 is 12.0 Å². The number of anilines is 1. The van der Waals surface area contributed by atoms with Gasteiger partial charge in [0.15, 0.2) is 0 Å². The Balaban J connectivity index is 1.45. The van der Waals surface area contributed by atoms with Gasteiger partial charge in [0.05, 0.1) is 5.56 Å². The number of nitrogens with one attached hydrogen (secondary N) is 1. The number of carboxylic acid groups (broad SMARTS) is 1. The van der Waals surface area contributed by atoms with Crippen LogP contribution in [0.25, 0.3) is 0 Å². The van der Waals surface area contributed by atoms with Crippen molar-refractivity contribution in [1.82, 2.24) is 5.32 Å². The van der Waals surface area contributed by atoms with Crippen LogP contribution in [-0.2, 0) is 12.0 Å². The van der Waals surface area contributed by atoms with E-state index in [9.17, 15) is 9.59 Å². The topological polar surface area (TPSA) is 69.6 Å². The molecule has 2 aromatic carbocycles. The second-order valence-corrected chi connectivity index (χ2v) is 6.54. The second-order valence-electron chi connectivity index (χ2n) is 6.54. The minimum absolute atomic E-state index is 0.103. The van der Waals surface area contributed by atoms with Crippen molar-refractivity contribution in [3.63, 3.8) is 0 Å². The maximum absolute atomic E-state index is 12.6. The lowest BCUT2D eigenvalue weighted by Crippen LogP contribution is -2.39. The predicted molar refractivity (Wildman–Crippen MR) is 90.3 cm³/mol. The third kappa shape index (κ3) is 2.42. The first-order valence-corrected chi connectivity index (χ1v) is 8.06. The van der Waals surface area contributed by atoms with Crippen LogP contribution in [0.4, 0.5) is 10.5 Å². The first-order valence-electron chi connectivity index (χ1n) is 8.06. The lowest BCUT2D eigenvalue weighted by atomic mass is 9.99. The summed E-state index contributed by atoms with van der Waals surface area (Å²) >= 11 is 0. The van der Waals surface area contributed by atoms with Gasteiger partial charge in [-0.05, 0) is 42.2 Å². The summed E-state index contributed by atoms with van der Waals surface area (Å²) in [6, 6.07) is 14.6. The zero-order chi connectivity index (χ0) is 16.7. The first kappa shape index (κ1) is 14.8. The molecule has 5 heteroatoms. The smallest absolute Gasteiger partial charge is 0.335 e. The van der Waals surface area contributed by atoms with Crippen molar-refractivity contribution in [2.45, 2.75) is 24.8 Å². The molecule has 0 bridgehead atoms. The summed E-state index contributed by atoms with van der Waals surface area (Å²) in [6.07, 6.45) is 2.29. The van der Waals surface area contributed by atoms with Gasteiger partial charge in [0.25, 0.3) is 0 Å². The molecule has 2 aliphatic rings. The highest BCUT2D eigenvalue weighted by Gasteiger charge is 2.52. The van der Waals surface area contributed by atoms with Gasteiger partial charge in [0.1, 0.15) is 0 Å². The fraction of sp³-hybridized carbons (Fsp3) is 0.263. The summed E-state index contributed by atoms with van der Waals surface area (Å²) in [4.78, 5) is 25.3. The molecule has 0 radical (unpaired) electrons. The number of carbonyl (C=O) groups excluding carboxylic acids is 1. The van der Waals surface area contributed by atoms with Crippen molar-refractivity contribution in [3.05, 3.63) is 65.2 Å². The number of urea groups is 1. The Morgan fingerprint density at radius 1 is 1.08 bits per heavy atom. The highest BCUT2D eigenvalue weighted by atomic mass is 16.4.